The quantitative estimate of drug-likeness (QED) is 0.590. The lowest BCUT2D eigenvalue weighted by molar-refractivity contribution is -0.143. The third-order valence-electron chi connectivity index (χ3n) is 3.15. The summed E-state index contributed by atoms with van der Waals surface area (Å²) in [6.07, 6.45) is 3.69. The smallest absolute Gasteiger partial charge is 0.331 e. The summed E-state index contributed by atoms with van der Waals surface area (Å²) in [6, 6.07) is 11.2. The van der Waals surface area contributed by atoms with E-state index >= 15 is 0 Å². The molecule has 0 aliphatic rings. The molecular formula is C18H19NO4S. The van der Waals surface area contributed by atoms with E-state index in [1.54, 1.807) is 36.7 Å². The minimum Gasteiger partial charge on any atom is -0.497 e. The minimum absolute atomic E-state index is 0.282. The summed E-state index contributed by atoms with van der Waals surface area (Å²) >= 11 is 1.65. The number of hydrogen-bond donors (Lipinski definition) is 1. The van der Waals surface area contributed by atoms with Crippen LogP contribution in [0.3, 0.4) is 0 Å². The molecule has 6 heteroatoms. The van der Waals surface area contributed by atoms with Gasteiger partial charge in [0.15, 0.2) is 6.61 Å². The molecule has 1 N–H and O–H groups in total. The fraction of sp³-hybridized carbons (Fsp3) is 0.222. The molecule has 2 aromatic rings. The van der Waals surface area contributed by atoms with E-state index in [0.29, 0.717) is 6.54 Å². The maximum Gasteiger partial charge on any atom is 0.331 e. The molecule has 0 saturated carbocycles. The van der Waals surface area contributed by atoms with E-state index in [1.807, 2.05) is 29.6 Å². The van der Waals surface area contributed by atoms with E-state index in [9.17, 15) is 9.59 Å². The number of ether oxygens (including phenoxy) is 2. The van der Waals surface area contributed by atoms with Gasteiger partial charge in [-0.2, -0.15) is 0 Å². The van der Waals surface area contributed by atoms with E-state index in [4.69, 9.17) is 9.47 Å². The van der Waals surface area contributed by atoms with Crippen LogP contribution in [0.25, 0.3) is 6.08 Å². The summed E-state index contributed by atoms with van der Waals surface area (Å²) < 4.78 is 9.95. The van der Waals surface area contributed by atoms with Crippen LogP contribution in [0, 0.1) is 0 Å². The van der Waals surface area contributed by atoms with Crippen LogP contribution in [0.15, 0.2) is 47.9 Å². The van der Waals surface area contributed by atoms with Crippen LogP contribution in [0.5, 0.6) is 5.75 Å². The number of nitrogens with one attached hydrogen (secondary N) is 1. The summed E-state index contributed by atoms with van der Waals surface area (Å²) in [5.74, 6) is -0.120. The molecule has 1 aromatic carbocycles. The zero-order valence-corrected chi connectivity index (χ0v) is 14.2. The van der Waals surface area contributed by atoms with Gasteiger partial charge in [-0.15, -0.1) is 11.3 Å². The number of benzene rings is 1. The lowest BCUT2D eigenvalue weighted by atomic mass is 10.2. The van der Waals surface area contributed by atoms with E-state index in [0.717, 1.165) is 17.7 Å². The van der Waals surface area contributed by atoms with Gasteiger partial charge in [-0.05, 0) is 41.6 Å². The van der Waals surface area contributed by atoms with Gasteiger partial charge in [0.25, 0.3) is 5.91 Å². The number of methoxy groups -OCH3 is 1. The summed E-state index contributed by atoms with van der Waals surface area (Å²) in [5, 5.41) is 4.71. The number of esters is 1. The van der Waals surface area contributed by atoms with Gasteiger partial charge in [0.1, 0.15) is 5.75 Å². The van der Waals surface area contributed by atoms with Crippen molar-refractivity contribution in [1.82, 2.24) is 5.32 Å². The van der Waals surface area contributed by atoms with Crippen molar-refractivity contribution in [3.05, 3.63) is 58.3 Å². The first kappa shape index (κ1) is 17.7. The number of carbonyl (C=O) groups excluding carboxylic acids is 2. The second-order valence-electron chi connectivity index (χ2n) is 4.89. The average Bonchev–Trinajstić information content (AvgIpc) is 3.12. The highest BCUT2D eigenvalue weighted by molar-refractivity contribution is 7.09. The number of amides is 1. The molecular weight excluding hydrogens is 326 g/mol. The van der Waals surface area contributed by atoms with Crippen LogP contribution in [-0.2, 0) is 20.7 Å². The molecule has 126 valence electrons. The number of thiophene rings is 1. The molecule has 0 radical (unpaired) electrons. The molecule has 5 nitrogen and oxygen atoms in total. The Morgan fingerprint density at radius 1 is 1.21 bits per heavy atom. The Balaban J connectivity index is 1.66. The lowest BCUT2D eigenvalue weighted by Gasteiger charge is -2.04. The maximum absolute atomic E-state index is 11.6. The average molecular weight is 345 g/mol. The first-order valence-electron chi connectivity index (χ1n) is 7.45. The Hall–Kier alpha value is -2.60. The SMILES string of the molecule is COc1ccc(/C=C/C(=O)OCC(=O)NCCc2cccs2)cc1. The summed E-state index contributed by atoms with van der Waals surface area (Å²) in [6.45, 7) is 0.245. The van der Waals surface area contributed by atoms with E-state index in [2.05, 4.69) is 5.32 Å². The Bertz CT molecular complexity index is 678. The zero-order valence-electron chi connectivity index (χ0n) is 13.4. The van der Waals surface area contributed by atoms with Crippen molar-refractivity contribution in [3.63, 3.8) is 0 Å². The summed E-state index contributed by atoms with van der Waals surface area (Å²) in [7, 11) is 1.59. The van der Waals surface area contributed by atoms with Crippen LogP contribution in [-0.4, -0.2) is 32.1 Å². The lowest BCUT2D eigenvalue weighted by Crippen LogP contribution is -2.30. The van der Waals surface area contributed by atoms with Crippen LogP contribution >= 0.6 is 11.3 Å². The molecule has 1 aromatic heterocycles. The van der Waals surface area contributed by atoms with E-state index in [1.165, 1.54) is 11.0 Å². The van der Waals surface area contributed by atoms with E-state index < -0.39 is 5.97 Å². The largest absolute Gasteiger partial charge is 0.497 e. The van der Waals surface area contributed by atoms with Crippen molar-refractivity contribution in [3.8, 4) is 5.75 Å². The van der Waals surface area contributed by atoms with Crippen molar-refractivity contribution in [1.29, 1.82) is 0 Å². The van der Waals surface area contributed by atoms with Gasteiger partial charge >= 0.3 is 5.97 Å². The summed E-state index contributed by atoms with van der Waals surface area (Å²) in [4.78, 5) is 24.4. The standard InChI is InChI=1S/C18H19NO4S/c1-22-15-7-4-14(5-8-15)6-9-18(21)23-13-17(20)19-11-10-16-3-2-12-24-16/h2-9,12H,10-11,13H2,1H3,(H,19,20)/b9-6+. The molecule has 0 aliphatic heterocycles. The van der Waals surface area contributed by atoms with Crippen molar-refractivity contribution < 1.29 is 19.1 Å². The van der Waals surface area contributed by atoms with Gasteiger partial charge in [-0.1, -0.05) is 18.2 Å². The van der Waals surface area contributed by atoms with Crippen molar-refractivity contribution in [2.24, 2.45) is 0 Å². The third kappa shape index (κ3) is 6.26. The molecule has 0 saturated heterocycles. The van der Waals surface area contributed by atoms with Crippen molar-refractivity contribution in [2.45, 2.75) is 6.42 Å². The topological polar surface area (TPSA) is 64.6 Å². The minimum atomic E-state index is -0.556. The highest BCUT2D eigenvalue weighted by Gasteiger charge is 2.04. The van der Waals surface area contributed by atoms with Gasteiger partial charge in [-0.25, -0.2) is 4.79 Å². The fourth-order valence-corrected chi connectivity index (χ4v) is 2.60. The van der Waals surface area contributed by atoms with Crippen LogP contribution < -0.4 is 10.1 Å². The molecule has 0 fully saturated rings. The number of carbonyl (C=O) groups is 2. The van der Waals surface area contributed by atoms with Gasteiger partial charge in [0.05, 0.1) is 7.11 Å². The molecule has 1 heterocycles. The predicted octanol–water partition coefficient (Wildman–Crippen LogP) is 2.67. The third-order valence-corrected chi connectivity index (χ3v) is 4.08. The van der Waals surface area contributed by atoms with Crippen molar-refractivity contribution in [2.75, 3.05) is 20.3 Å². The molecule has 1 amide bonds. The number of rotatable bonds is 8. The second kappa shape index (κ2) is 9.52. The van der Waals surface area contributed by atoms with Gasteiger partial charge in [0, 0.05) is 17.5 Å². The molecule has 0 aliphatic carbocycles. The van der Waals surface area contributed by atoms with Gasteiger partial charge in [-0.3, -0.25) is 4.79 Å². The number of hydrogen-bond acceptors (Lipinski definition) is 5. The van der Waals surface area contributed by atoms with E-state index in [-0.39, 0.29) is 12.5 Å². The van der Waals surface area contributed by atoms with Crippen LogP contribution in [0.2, 0.25) is 0 Å². The molecule has 24 heavy (non-hydrogen) atoms. The van der Waals surface area contributed by atoms with Crippen LogP contribution in [0.1, 0.15) is 10.4 Å². The highest BCUT2D eigenvalue weighted by atomic mass is 32.1. The Labute approximate surface area is 144 Å². The normalized spacial score (nSPS) is 10.5. The second-order valence-corrected chi connectivity index (χ2v) is 5.93. The maximum atomic E-state index is 11.6. The molecule has 0 bridgehead atoms. The summed E-state index contributed by atoms with van der Waals surface area (Å²) in [5.41, 5.74) is 0.841. The monoisotopic (exact) mass is 345 g/mol. The predicted molar refractivity (Wildman–Crippen MR) is 94.0 cm³/mol. The molecule has 0 unspecified atom stereocenters. The van der Waals surface area contributed by atoms with Crippen LogP contribution in [0.4, 0.5) is 0 Å². The van der Waals surface area contributed by atoms with Crippen molar-refractivity contribution >= 4 is 29.3 Å². The highest BCUT2D eigenvalue weighted by Crippen LogP contribution is 2.12. The first-order valence-corrected chi connectivity index (χ1v) is 8.33. The molecule has 0 atom stereocenters. The van der Waals surface area contributed by atoms with Gasteiger partial charge in [0.2, 0.25) is 0 Å². The molecule has 0 spiro atoms. The van der Waals surface area contributed by atoms with Gasteiger partial charge < -0.3 is 14.8 Å². The Morgan fingerprint density at radius 2 is 2.00 bits per heavy atom. The first-order chi connectivity index (χ1) is 11.7. The Morgan fingerprint density at radius 3 is 2.67 bits per heavy atom. The zero-order chi connectivity index (χ0) is 17.2. The fourth-order valence-electron chi connectivity index (χ4n) is 1.90. The Kier molecular flexibility index (Phi) is 7.04. The molecule has 2 rings (SSSR count).